The molecule has 2 aromatic rings. The molecule has 1 fully saturated rings. The van der Waals surface area contributed by atoms with Gasteiger partial charge >= 0.3 is 5.97 Å². The number of ether oxygens (including phenoxy) is 2. The third kappa shape index (κ3) is 3.70. The molecule has 1 aliphatic rings. The number of aryl methyl sites for hydroxylation is 1. The minimum atomic E-state index is -0.886. The van der Waals surface area contributed by atoms with Crippen LogP contribution in [-0.4, -0.2) is 42.7 Å². The van der Waals surface area contributed by atoms with Crippen molar-refractivity contribution in [2.45, 2.75) is 19.3 Å². The lowest BCUT2D eigenvalue weighted by molar-refractivity contribution is -0.140. The smallest absolute Gasteiger partial charge is 0.307 e. The van der Waals surface area contributed by atoms with Crippen molar-refractivity contribution in [1.29, 1.82) is 0 Å². The highest BCUT2D eigenvalue weighted by Gasteiger charge is 2.48. The van der Waals surface area contributed by atoms with E-state index in [1.165, 1.54) is 0 Å². The molecule has 1 amide bonds. The van der Waals surface area contributed by atoms with Crippen LogP contribution in [0.1, 0.15) is 18.5 Å². The second kappa shape index (κ2) is 7.04. The maximum atomic E-state index is 11.8. The summed E-state index contributed by atoms with van der Waals surface area (Å²) in [6, 6.07) is 5.80. The first kappa shape index (κ1) is 17.1. The molecule has 1 aromatic carbocycles. The highest BCUT2D eigenvalue weighted by atomic mass is 16.5. The fraction of sp³-hybridized carbons (Fsp3) is 0.444. The first-order valence-electron chi connectivity index (χ1n) is 8.27. The zero-order valence-electron chi connectivity index (χ0n) is 14.3. The van der Waals surface area contributed by atoms with Gasteiger partial charge in [0.15, 0.2) is 0 Å². The van der Waals surface area contributed by atoms with Gasteiger partial charge in [-0.05, 0) is 25.3 Å². The van der Waals surface area contributed by atoms with Crippen molar-refractivity contribution in [2.24, 2.45) is 11.8 Å². The number of hydrogen-bond donors (Lipinski definition) is 3. The average Bonchev–Trinajstić information content (AvgIpc) is 3.31. The largest absolute Gasteiger partial charge is 0.497 e. The Morgan fingerprint density at radius 1 is 1.24 bits per heavy atom. The van der Waals surface area contributed by atoms with E-state index in [1.54, 1.807) is 14.2 Å². The Hall–Kier alpha value is -2.70. The second-order valence-electron chi connectivity index (χ2n) is 6.27. The summed E-state index contributed by atoms with van der Waals surface area (Å²) in [5, 5.41) is 12.6. The SMILES string of the molecule is COc1cc(OC)c2cc(CCCNC(=O)[C@@H]3C[C@@H]3C(=O)O)[nH]c2c1. The molecule has 0 bridgehead atoms. The molecule has 0 aliphatic heterocycles. The lowest BCUT2D eigenvalue weighted by Crippen LogP contribution is -2.27. The number of carbonyl (C=O) groups is 2. The van der Waals surface area contributed by atoms with Gasteiger partial charge in [-0.15, -0.1) is 0 Å². The van der Waals surface area contributed by atoms with Crippen LogP contribution in [0.3, 0.4) is 0 Å². The summed E-state index contributed by atoms with van der Waals surface area (Å²) in [4.78, 5) is 25.9. The van der Waals surface area contributed by atoms with Crippen LogP contribution in [0, 0.1) is 11.8 Å². The van der Waals surface area contributed by atoms with E-state index in [1.807, 2.05) is 18.2 Å². The summed E-state index contributed by atoms with van der Waals surface area (Å²) in [7, 11) is 3.24. The maximum absolute atomic E-state index is 11.8. The molecular formula is C18H22N2O5. The summed E-state index contributed by atoms with van der Waals surface area (Å²) in [5.41, 5.74) is 1.99. The summed E-state index contributed by atoms with van der Waals surface area (Å²) < 4.78 is 10.7. The molecule has 1 heterocycles. The molecular weight excluding hydrogens is 324 g/mol. The number of benzene rings is 1. The van der Waals surface area contributed by atoms with Crippen molar-refractivity contribution in [3.8, 4) is 11.5 Å². The van der Waals surface area contributed by atoms with Gasteiger partial charge in [0.05, 0.1) is 31.6 Å². The third-order valence-corrected chi connectivity index (χ3v) is 4.55. The van der Waals surface area contributed by atoms with E-state index in [9.17, 15) is 9.59 Å². The number of fused-ring (bicyclic) bond motifs is 1. The maximum Gasteiger partial charge on any atom is 0.307 e. The van der Waals surface area contributed by atoms with Gasteiger partial charge in [-0.2, -0.15) is 0 Å². The zero-order valence-corrected chi connectivity index (χ0v) is 14.3. The Morgan fingerprint density at radius 2 is 2.04 bits per heavy atom. The van der Waals surface area contributed by atoms with Gasteiger partial charge in [0.1, 0.15) is 11.5 Å². The van der Waals surface area contributed by atoms with Crippen LogP contribution in [0.2, 0.25) is 0 Å². The Kier molecular flexibility index (Phi) is 4.83. The van der Waals surface area contributed by atoms with Crippen LogP contribution in [0.25, 0.3) is 10.9 Å². The van der Waals surface area contributed by atoms with Crippen LogP contribution < -0.4 is 14.8 Å². The lowest BCUT2D eigenvalue weighted by atomic mass is 10.2. The molecule has 0 unspecified atom stereocenters. The minimum absolute atomic E-state index is 0.157. The van der Waals surface area contributed by atoms with Crippen LogP contribution in [0.15, 0.2) is 18.2 Å². The van der Waals surface area contributed by atoms with E-state index in [4.69, 9.17) is 14.6 Å². The first-order chi connectivity index (χ1) is 12.0. The van der Waals surface area contributed by atoms with Crippen molar-refractivity contribution in [1.82, 2.24) is 10.3 Å². The lowest BCUT2D eigenvalue weighted by Gasteiger charge is -2.04. The fourth-order valence-corrected chi connectivity index (χ4v) is 3.04. The number of carboxylic acids is 1. The number of aromatic amines is 1. The number of aromatic nitrogens is 1. The first-order valence-corrected chi connectivity index (χ1v) is 8.27. The molecule has 2 atom stereocenters. The molecule has 3 N–H and O–H groups in total. The van der Waals surface area contributed by atoms with Crippen molar-refractivity contribution in [2.75, 3.05) is 20.8 Å². The number of carboxylic acid groups (broad SMARTS) is 1. The van der Waals surface area contributed by atoms with Crippen LogP contribution in [0.5, 0.6) is 11.5 Å². The van der Waals surface area contributed by atoms with Crippen molar-refractivity contribution < 1.29 is 24.2 Å². The number of hydrogen-bond acceptors (Lipinski definition) is 4. The number of methoxy groups -OCH3 is 2. The molecule has 0 radical (unpaired) electrons. The van der Waals surface area contributed by atoms with Crippen molar-refractivity contribution in [3.63, 3.8) is 0 Å². The number of amides is 1. The normalized spacial score (nSPS) is 18.8. The minimum Gasteiger partial charge on any atom is -0.497 e. The van der Waals surface area contributed by atoms with Crippen LogP contribution in [0.4, 0.5) is 0 Å². The zero-order chi connectivity index (χ0) is 18.0. The molecule has 0 saturated heterocycles. The van der Waals surface area contributed by atoms with Crippen molar-refractivity contribution in [3.05, 3.63) is 23.9 Å². The number of H-pyrrole nitrogens is 1. The summed E-state index contributed by atoms with van der Waals surface area (Å²) in [5.74, 6) is -0.433. The molecule has 25 heavy (non-hydrogen) atoms. The molecule has 7 nitrogen and oxygen atoms in total. The monoisotopic (exact) mass is 346 g/mol. The fourth-order valence-electron chi connectivity index (χ4n) is 3.04. The Bertz CT molecular complexity index is 798. The molecule has 3 rings (SSSR count). The topological polar surface area (TPSA) is 101 Å². The van der Waals surface area contributed by atoms with Gasteiger partial charge in [0.25, 0.3) is 0 Å². The summed E-state index contributed by atoms with van der Waals surface area (Å²) in [6.45, 7) is 0.525. The Balaban J connectivity index is 1.53. The molecule has 0 spiro atoms. The summed E-state index contributed by atoms with van der Waals surface area (Å²) in [6.07, 6.45) is 1.99. The van der Waals surface area contributed by atoms with Gasteiger partial charge in [-0.25, -0.2) is 0 Å². The summed E-state index contributed by atoms with van der Waals surface area (Å²) >= 11 is 0. The Labute approximate surface area is 145 Å². The van der Waals surface area contributed by atoms with E-state index in [0.29, 0.717) is 13.0 Å². The molecule has 134 valence electrons. The Morgan fingerprint density at radius 3 is 2.68 bits per heavy atom. The van der Waals surface area contributed by atoms with Crippen molar-refractivity contribution >= 4 is 22.8 Å². The van der Waals surface area contributed by atoms with Gasteiger partial charge < -0.3 is 24.9 Å². The number of aliphatic carboxylic acids is 1. The highest BCUT2D eigenvalue weighted by molar-refractivity contribution is 5.89. The quantitative estimate of drug-likeness (QED) is 0.634. The standard InChI is InChI=1S/C18H22N2O5/c1-24-11-7-15-14(16(8-11)25-2)6-10(20-15)4-3-5-19-17(21)12-9-13(12)18(22)23/h6-8,12-13,20H,3-5,9H2,1-2H3,(H,19,21)(H,22,23)/t12-,13+/m1/s1. The molecule has 7 heteroatoms. The molecule has 1 saturated carbocycles. The van der Waals surface area contributed by atoms with E-state index >= 15 is 0 Å². The van der Waals surface area contributed by atoms with E-state index in [-0.39, 0.29) is 11.8 Å². The van der Waals surface area contributed by atoms with E-state index in [0.717, 1.165) is 40.9 Å². The van der Waals surface area contributed by atoms with Gasteiger partial charge in [-0.1, -0.05) is 0 Å². The molecule has 1 aromatic heterocycles. The number of nitrogens with one attached hydrogen (secondary N) is 2. The highest BCUT2D eigenvalue weighted by Crippen LogP contribution is 2.38. The van der Waals surface area contributed by atoms with E-state index < -0.39 is 11.9 Å². The number of carbonyl (C=O) groups excluding carboxylic acids is 1. The van der Waals surface area contributed by atoms with Gasteiger partial charge in [0.2, 0.25) is 5.91 Å². The van der Waals surface area contributed by atoms with Gasteiger partial charge in [0, 0.05) is 29.8 Å². The average molecular weight is 346 g/mol. The van der Waals surface area contributed by atoms with Crippen LogP contribution >= 0.6 is 0 Å². The van der Waals surface area contributed by atoms with E-state index in [2.05, 4.69) is 10.3 Å². The van der Waals surface area contributed by atoms with Gasteiger partial charge in [-0.3, -0.25) is 9.59 Å². The molecule has 1 aliphatic carbocycles. The predicted molar refractivity (Wildman–Crippen MR) is 92.0 cm³/mol. The second-order valence-corrected chi connectivity index (χ2v) is 6.27. The predicted octanol–water partition coefficient (Wildman–Crippen LogP) is 1.95. The third-order valence-electron chi connectivity index (χ3n) is 4.55. The van der Waals surface area contributed by atoms with Crippen LogP contribution in [-0.2, 0) is 16.0 Å². The number of rotatable bonds is 8.